The lowest BCUT2D eigenvalue weighted by Crippen LogP contribution is -2.46. The van der Waals surface area contributed by atoms with Crippen molar-refractivity contribution in [3.8, 4) is 5.75 Å². The van der Waals surface area contributed by atoms with Crippen LogP contribution in [-0.2, 0) is 13.0 Å². The van der Waals surface area contributed by atoms with Crippen molar-refractivity contribution in [2.24, 2.45) is 0 Å². The summed E-state index contributed by atoms with van der Waals surface area (Å²) in [6.07, 6.45) is 4.74. The molecule has 0 radical (unpaired) electrons. The van der Waals surface area contributed by atoms with Crippen molar-refractivity contribution in [1.82, 2.24) is 14.4 Å². The van der Waals surface area contributed by atoms with Crippen molar-refractivity contribution in [2.75, 3.05) is 39.3 Å². The molecule has 0 aliphatic carbocycles. The van der Waals surface area contributed by atoms with E-state index in [-0.39, 0.29) is 12.4 Å². The van der Waals surface area contributed by atoms with E-state index in [4.69, 9.17) is 0 Å². The Hall–Kier alpha value is -2.53. The van der Waals surface area contributed by atoms with E-state index in [1.54, 1.807) is 12.1 Å². The molecule has 1 fully saturated rings. The number of hydrogen-bond donors (Lipinski definition) is 1. The first-order chi connectivity index (χ1) is 16.3. The van der Waals surface area contributed by atoms with Crippen LogP contribution in [0, 0.1) is 0 Å². The first kappa shape index (κ1) is 24.6. The van der Waals surface area contributed by atoms with Crippen molar-refractivity contribution in [3.05, 3.63) is 78.4 Å². The van der Waals surface area contributed by atoms with E-state index in [0.717, 1.165) is 13.0 Å². The van der Waals surface area contributed by atoms with E-state index in [0.29, 0.717) is 5.75 Å². The lowest BCUT2D eigenvalue weighted by molar-refractivity contribution is 0.129. The SMILES string of the molecule is Cl.Oc1ccc(CCCN2CCN(CCCCn3c4ccccc4c4ccccc43)CC2)cc1. The zero-order valence-electron chi connectivity index (χ0n) is 19.9. The second kappa shape index (κ2) is 11.7. The van der Waals surface area contributed by atoms with Crippen LogP contribution in [0.5, 0.6) is 5.75 Å². The highest BCUT2D eigenvalue weighted by Gasteiger charge is 2.16. The minimum absolute atomic E-state index is 0. The average molecular weight is 478 g/mol. The zero-order valence-corrected chi connectivity index (χ0v) is 20.7. The molecule has 0 saturated carbocycles. The van der Waals surface area contributed by atoms with Crippen LogP contribution >= 0.6 is 12.4 Å². The molecule has 1 saturated heterocycles. The van der Waals surface area contributed by atoms with Gasteiger partial charge in [0, 0.05) is 54.5 Å². The molecule has 5 heteroatoms. The Labute approximate surface area is 209 Å². The third kappa shape index (κ3) is 5.75. The molecule has 34 heavy (non-hydrogen) atoms. The molecule has 5 rings (SSSR count). The van der Waals surface area contributed by atoms with Gasteiger partial charge in [-0.15, -0.1) is 12.4 Å². The van der Waals surface area contributed by atoms with Crippen LogP contribution in [0.4, 0.5) is 0 Å². The fourth-order valence-corrected chi connectivity index (χ4v) is 5.26. The number of phenols is 1. The van der Waals surface area contributed by atoms with E-state index < -0.39 is 0 Å². The lowest BCUT2D eigenvalue weighted by Gasteiger charge is -2.34. The largest absolute Gasteiger partial charge is 0.508 e. The molecule has 0 amide bonds. The molecule has 1 aromatic heterocycles. The monoisotopic (exact) mass is 477 g/mol. The van der Waals surface area contributed by atoms with Gasteiger partial charge in [-0.25, -0.2) is 0 Å². The maximum Gasteiger partial charge on any atom is 0.115 e. The van der Waals surface area contributed by atoms with Gasteiger partial charge in [-0.2, -0.15) is 0 Å². The molecule has 1 N–H and O–H groups in total. The van der Waals surface area contributed by atoms with Gasteiger partial charge in [0.15, 0.2) is 0 Å². The van der Waals surface area contributed by atoms with Crippen LogP contribution in [0.1, 0.15) is 24.8 Å². The van der Waals surface area contributed by atoms with E-state index in [1.807, 2.05) is 12.1 Å². The van der Waals surface area contributed by atoms with Crippen molar-refractivity contribution >= 4 is 34.2 Å². The molecule has 0 spiro atoms. The maximum atomic E-state index is 9.41. The number of nitrogens with zero attached hydrogens (tertiary/aromatic N) is 3. The quantitative estimate of drug-likeness (QED) is 0.302. The Bertz CT molecular complexity index is 1130. The number of benzene rings is 3. The Balaban J connectivity index is 0.00000274. The molecule has 2 heterocycles. The zero-order chi connectivity index (χ0) is 22.5. The molecular formula is C29H36ClN3O. The number of halogens is 1. The predicted octanol–water partition coefficient (Wildman–Crippen LogP) is 5.95. The molecule has 0 bridgehead atoms. The Morgan fingerprint density at radius 2 is 1.09 bits per heavy atom. The van der Waals surface area contributed by atoms with Crippen LogP contribution in [0.25, 0.3) is 21.8 Å². The molecule has 3 aromatic carbocycles. The van der Waals surface area contributed by atoms with Gasteiger partial charge >= 0.3 is 0 Å². The fraction of sp³-hybridized carbons (Fsp3) is 0.379. The highest BCUT2D eigenvalue weighted by molar-refractivity contribution is 6.07. The van der Waals surface area contributed by atoms with Gasteiger partial charge in [0.05, 0.1) is 0 Å². The highest BCUT2D eigenvalue weighted by atomic mass is 35.5. The number of hydrogen-bond acceptors (Lipinski definition) is 3. The third-order valence-electron chi connectivity index (χ3n) is 7.13. The summed E-state index contributed by atoms with van der Waals surface area (Å²) in [5, 5.41) is 12.1. The minimum atomic E-state index is 0. The van der Waals surface area contributed by atoms with Gasteiger partial charge in [-0.3, -0.25) is 0 Å². The van der Waals surface area contributed by atoms with Crippen LogP contribution in [0.2, 0.25) is 0 Å². The molecule has 1 aliphatic heterocycles. The number of piperazine rings is 1. The van der Waals surface area contributed by atoms with Gasteiger partial charge in [0.2, 0.25) is 0 Å². The first-order valence-electron chi connectivity index (χ1n) is 12.5. The van der Waals surface area contributed by atoms with Crippen molar-refractivity contribution in [1.29, 1.82) is 0 Å². The normalized spacial score (nSPS) is 15.1. The number of para-hydroxylation sites is 2. The minimum Gasteiger partial charge on any atom is -0.508 e. The molecule has 4 nitrogen and oxygen atoms in total. The van der Waals surface area contributed by atoms with Gasteiger partial charge in [0.25, 0.3) is 0 Å². The van der Waals surface area contributed by atoms with E-state index in [1.165, 1.54) is 85.9 Å². The molecule has 0 unspecified atom stereocenters. The number of phenolic OH excluding ortho intramolecular Hbond substituents is 1. The van der Waals surface area contributed by atoms with E-state index >= 15 is 0 Å². The predicted molar refractivity (Wildman–Crippen MR) is 145 cm³/mol. The molecular weight excluding hydrogens is 442 g/mol. The van der Waals surface area contributed by atoms with E-state index in [9.17, 15) is 5.11 Å². The Morgan fingerprint density at radius 1 is 0.588 bits per heavy atom. The summed E-state index contributed by atoms with van der Waals surface area (Å²) in [7, 11) is 0. The van der Waals surface area contributed by atoms with Gasteiger partial charge in [0.1, 0.15) is 5.75 Å². The fourth-order valence-electron chi connectivity index (χ4n) is 5.26. The Morgan fingerprint density at radius 3 is 1.68 bits per heavy atom. The smallest absolute Gasteiger partial charge is 0.115 e. The van der Waals surface area contributed by atoms with Crippen LogP contribution in [0.3, 0.4) is 0 Å². The number of aryl methyl sites for hydroxylation is 2. The van der Waals surface area contributed by atoms with Crippen LogP contribution < -0.4 is 0 Å². The number of rotatable bonds is 9. The van der Waals surface area contributed by atoms with Crippen LogP contribution in [0.15, 0.2) is 72.8 Å². The second-order valence-electron chi connectivity index (χ2n) is 9.35. The van der Waals surface area contributed by atoms with Crippen molar-refractivity contribution < 1.29 is 5.11 Å². The summed E-state index contributed by atoms with van der Waals surface area (Å²) in [5.74, 6) is 0.352. The summed E-state index contributed by atoms with van der Waals surface area (Å²) < 4.78 is 2.51. The molecule has 1 aliphatic rings. The van der Waals surface area contributed by atoms with Gasteiger partial charge in [-0.1, -0.05) is 48.5 Å². The summed E-state index contributed by atoms with van der Waals surface area (Å²) in [5.41, 5.74) is 4.04. The Kier molecular flexibility index (Phi) is 8.49. The molecule has 180 valence electrons. The van der Waals surface area contributed by atoms with Crippen LogP contribution in [-0.4, -0.2) is 58.7 Å². The summed E-state index contributed by atoms with van der Waals surface area (Å²) in [6, 6.07) is 25.3. The number of unbranched alkanes of at least 4 members (excludes halogenated alkanes) is 1. The topological polar surface area (TPSA) is 31.6 Å². The van der Waals surface area contributed by atoms with Gasteiger partial charge < -0.3 is 19.5 Å². The molecule has 4 aromatic rings. The van der Waals surface area contributed by atoms with Crippen molar-refractivity contribution in [3.63, 3.8) is 0 Å². The number of aromatic hydroxyl groups is 1. The average Bonchev–Trinajstić information content (AvgIpc) is 3.18. The second-order valence-corrected chi connectivity index (χ2v) is 9.35. The number of aromatic nitrogens is 1. The first-order valence-corrected chi connectivity index (χ1v) is 12.5. The van der Waals surface area contributed by atoms with Crippen molar-refractivity contribution in [2.45, 2.75) is 32.2 Å². The summed E-state index contributed by atoms with van der Waals surface area (Å²) >= 11 is 0. The maximum absolute atomic E-state index is 9.41. The number of fused-ring (bicyclic) bond motifs is 3. The standard InChI is InChI=1S/C29H35N3O.ClH/c33-25-15-13-24(14-16-25)8-7-18-31-22-20-30(21-23-31)17-5-6-19-32-28-11-3-1-9-26(28)27-10-2-4-12-29(27)32;/h1-4,9-16,33H,5-8,17-23H2;1H. The lowest BCUT2D eigenvalue weighted by atomic mass is 10.1. The third-order valence-corrected chi connectivity index (χ3v) is 7.13. The molecule has 0 atom stereocenters. The van der Waals surface area contributed by atoms with E-state index in [2.05, 4.69) is 62.9 Å². The highest BCUT2D eigenvalue weighted by Crippen LogP contribution is 2.29. The summed E-state index contributed by atoms with van der Waals surface area (Å²) in [4.78, 5) is 5.25. The van der Waals surface area contributed by atoms with Gasteiger partial charge in [-0.05, 0) is 68.6 Å². The summed E-state index contributed by atoms with van der Waals surface area (Å²) in [6.45, 7) is 8.21.